The minimum atomic E-state index is 0.458. The van der Waals surface area contributed by atoms with Gasteiger partial charge in [-0.2, -0.15) is 4.57 Å². The first-order valence-corrected chi connectivity index (χ1v) is 4.91. The number of nitrogen functional groups attached to an aromatic ring is 1. The molecule has 0 saturated carbocycles. The Morgan fingerprint density at radius 3 is 2.75 bits per heavy atom. The largest absolute Gasteiger partial charge is 0.368 e. The predicted molar refractivity (Wildman–Crippen MR) is 59.8 cm³/mol. The van der Waals surface area contributed by atoms with Gasteiger partial charge in [-0.05, 0) is 12.1 Å². The molecule has 0 bridgehead atoms. The number of fused-ring (bicyclic) bond motifs is 1. The smallest absolute Gasteiger partial charge is 0.298 e. The standard InChI is InChI=1S/C11H9N5/c12-10-9-11(14-6-13-9)16(7-15-10)8-4-2-1-3-5-8/h1-7H,(H2,12,13,14)/p+1. The van der Waals surface area contributed by atoms with E-state index in [1.54, 1.807) is 12.7 Å². The van der Waals surface area contributed by atoms with E-state index in [1.807, 2.05) is 34.9 Å². The molecule has 1 aromatic carbocycles. The first-order valence-electron chi connectivity index (χ1n) is 4.91. The number of nitrogens with one attached hydrogen (secondary N) is 1. The highest BCUT2D eigenvalue weighted by atomic mass is 15.1. The van der Waals surface area contributed by atoms with E-state index in [1.165, 1.54) is 0 Å². The molecule has 0 unspecified atom stereocenters. The van der Waals surface area contributed by atoms with Gasteiger partial charge in [0.1, 0.15) is 5.69 Å². The van der Waals surface area contributed by atoms with Gasteiger partial charge in [0.25, 0.3) is 5.65 Å². The second-order valence-electron chi connectivity index (χ2n) is 3.44. The summed E-state index contributed by atoms with van der Waals surface area (Å²) in [5, 5.41) is 0. The van der Waals surface area contributed by atoms with Crippen LogP contribution >= 0.6 is 0 Å². The molecule has 5 nitrogen and oxygen atoms in total. The van der Waals surface area contributed by atoms with Crippen molar-refractivity contribution in [2.45, 2.75) is 0 Å². The molecule has 2 aromatic heterocycles. The van der Waals surface area contributed by atoms with Crippen molar-refractivity contribution in [1.82, 2.24) is 15.0 Å². The zero-order valence-corrected chi connectivity index (χ0v) is 8.46. The van der Waals surface area contributed by atoms with Gasteiger partial charge in [0.15, 0.2) is 11.8 Å². The molecule has 0 fully saturated rings. The molecule has 0 radical (unpaired) electrons. The first kappa shape index (κ1) is 8.84. The number of para-hydroxylation sites is 1. The summed E-state index contributed by atoms with van der Waals surface area (Å²) >= 11 is 0. The third-order valence-corrected chi connectivity index (χ3v) is 2.45. The maximum atomic E-state index is 5.75. The Kier molecular flexibility index (Phi) is 1.83. The number of H-pyrrole nitrogens is 1. The molecule has 0 aliphatic heterocycles. The molecule has 3 N–H and O–H groups in total. The number of hydrogen-bond donors (Lipinski definition) is 2. The number of benzene rings is 1. The minimum absolute atomic E-state index is 0.458. The Labute approximate surface area is 91.6 Å². The van der Waals surface area contributed by atoms with Crippen molar-refractivity contribution in [2.75, 3.05) is 5.73 Å². The van der Waals surface area contributed by atoms with Gasteiger partial charge in [-0.25, -0.2) is 0 Å². The van der Waals surface area contributed by atoms with E-state index in [4.69, 9.17) is 5.73 Å². The Balaban J connectivity index is 2.33. The second-order valence-corrected chi connectivity index (χ2v) is 3.44. The Bertz CT molecular complexity index is 629. The summed E-state index contributed by atoms with van der Waals surface area (Å²) in [5.41, 5.74) is 8.29. The summed E-state index contributed by atoms with van der Waals surface area (Å²) in [6, 6.07) is 9.89. The lowest BCUT2D eigenvalue weighted by Gasteiger charge is -1.99. The monoisotopic (exact) mass is 212 g/mol. The van der Waals surface area contributed by atoms with Crippen LogP contribution in [0.1, 0.15) is 0 Å². The molecule has 3 rings (SSSR count). The molecule has 78 valence electrons. The van der Waals surface area contributed by atoms with Crippen molar-refractivity contribution < 1.29 is 4.57 Å². The number of aromatic amines is 1. The van der Waals surface area contributed by atoms with Crippen LogP contribution in [0.25, 0.3) is 16.9 Å². The SMILES string of the molecule is Nc1nc[n+](-c2ccccc2)c2nc[nH]c12. The lowest BCUT2D eigenvalue weighted by Crippen LogP contribution is -2.32. The van der Waals surface area contributed by atoms with Gasteiger partial charge >= 0.3 is 0 Å². The van der Waals surface area contributed by atoms with Crippen LogP contribution in [0.2, 0.25) is 0 Å². The number of rotatable bonds is 1. The molecule has 2 heterocycles. The fourth-order valence-corrected chi connectivity index (χ4v) is 1.67. The van der Waals surface area contributed by atoms with Gasteiger partial charge < -0.3 is 10.7 Å². The van der Waals surface area contributed by atoms with E-state index >= 15 is 0 Å². The van der Waals surface area contributed by atoms with Crippen molar-refractivity contribution in [1.29, 1.82) is 0 Å². The van der Waals surface area contributed by atoms with E-state index in [0.29, 0.717) is 5.82 Å². The number of nitrogens with zero attached hydrogens (tertiary/aromatic N) is 3. The van der Waals surface area contributed by atoms with Crippen LogP contribution in [0.5, 0.6) is 0 Å². The first-order chi connectivity index (χ1) is 7.86. The van der Waals surface area contributed by atoms with Crippen LogP contribution in [-0.4, -0.2) is 15.0 Å². The minimum Gasteiger partial charge on any atom is -0.368 e. The van der Waals surface area contributed by atoms with Crippen molar-refractivity contribution in [3.63, 3.8) is 0 Å². The molecular weight excluding hydrogens is 202 g/mol. The summed E-state index contributed by atoms with van der Waals surface area (Å²) in [4.78, 5) is 11.3. The van der Waals surface area contributed by atoms with Crippen LogP contribution in [-0.2, 0) is 0 Å². The topological polar surface area (TPSA) is 71.5 Å². The van der Waals surface area contributed by atoms with Gasteiger partial charge in [0, 0.05) is 0 Å². The highest BCUT2D eigenvalue weighted by molar-refractivity contribution is 5.78. The lowest BCUT2D eigenvalue weighted by atomic mass is 10.3. The van der Waals surface area contributed by atoms with Crippen LogP contribution in [0, 0.1) is 0 Å². The summed E-state index contributed by atoms with van der Waals surface area (Å²) in [7, 11) is 0. The number of aromatic nitrogens is 4. The van der Waals surface area contributed by atoms with Crippen LogP contribution in [0.4, 0.5) is 5.82 Å². The molecule has 0 amide bonds. The van der Waals surface area contributed by atoms with Gasteiger partial charge in [0.2, 0.25) is 12.1 Å². The summed E-state index contributed by atoms with van der Waals surface area (Å²) in [6.07, 6.45) is 3.29. The van der Waals surface area contributed by atoms with E-state index in [2.05, 4.69) is 15.0 Å². The molecule has 0 saturated heterocycles. The van der Waals surface area contributed by atoms with E-state index in [-0.39, 0.29) is 0 Å². The average molecular weight is 212 g/mol. The quantitative estimate of drug-likeness (QED) is 0.586. The summed E-state index contributed by atoms with van der Waals surface area (Å²) in [6.45, 7) is 0. The van der Waals surface area contributed by atoms with E-state index in [0.717, 1.165) is 16.9 Å². The molecule has 0 aliphatic carbocycles. The van der Waals surface area contributed by atoms with Crippen LogP contribution in [0.3, 0.4) is 0 Å². The number of hydrogen-bond acceptors (Lipinski definition) is 3. The number of imidazole rings is 1. The van der Waals surface area contributed by atoms with Gasteiger partial charge in [0.05, 0.1) is 0 Å². The summed E-state index contributed by atoms with van der Waals surface area (Å²) < 4.78 is 1.89. The molecule has 0 aliphatic rings. The van der Waals surface area contributed by atoms with Crippen molar-refractivity contribution in [2.24, 2.45) is 0 Å². The fourth-order valence-electron chi connectivity index (χ4n) is 1.67. The molecule has 16 heavy (non-hydrogen) atoms. The molecule has 0 atom stereocenters. The highest BCUT2D eigenvalue weighted by Crippen LogP contribution is 2.11. The average Bonchev–Trinajstić information content (AvgIpc) is 2.81. The highest BCUT2D eigenvalue weighted by Gasteiger charge is 2.15. The second kappa shape index (κ2) is 3.30. The zero-order chi connectivity index (χ0) is 11.0. The Morgan fingerprint density at radius 2 is 1.94 bits per heavy atom. The molecular formula is C11H10N5+. The maximum Gasteiger partial charge on any atom is 0.298 e. The molecule has 3 aromatic rings. The van der Waals surface area contributed by atoms with Crippen LogP contribution < -0.4 is 10.3 Å². The number of nitrogens with two attached hydrogens (primary N) is 1. The predicted octanol–water partition coefficient (Wildman–Crippen LogP) is 0.817. The van der Waals surface area contributed by atoms with Gasteiger partial charge in [-0.1, -0.05) is 28.2 Å². The summed E-state index contributed by atoms with van der Waals surface area (Å²) in [5.74, 6) is 0.458. The van der Waals surface area contributed by atoms with Crippen molar-refractivity contribution in [3.8, 4) is 5.69 Å². The zero-order valence-electron chi connectivity index (χ0n) is 8.46. The number of anilines is 1. The Hall–Kier alpha value is -2.43. The van der Waals surface area contributed by atoms with Gasteiger partial charge in [-0.3, -0.25) is 0 Å². The van der Waals surface area contributed by atoms with Crippen LogP contribution in [0.15, 0.2) is 43.0 Å². The van der Waals surface area contributed by atoms with Gasteiger partial charge in [-0.15, -0.1) is 0 Å². The maximum absolute atomic E-state index is 5.75. The Morgan fingerprint density at radius 1 is 1.12 bits per heavy atom. The normalized spacial score (nSPS) is 10.8. The molecule has 0 spiro atoms. The van der Waals surface area contributed by atoms with E-state index in [9.17, 15) is 0 Å². The van der Waals surface area contributed by atoms with E-state index < -0.39 is 0 Å². The van der Waals surface area contributed by atoms with Crippen molar-refractivity contribution >= 4 is 17.0 Å². The fraction of sp³-hybridized carbons (Fsp3) is 0. The molecule has 5 heteroatoms. The van der Waals surface area contributed by atoms with Crippen molar-refractivity contribution in [3.05, 3.63) is 43.0 Å². The third-order valence-electron chi connectivity index (χ3n) is 2.45. The third kappa shape index (κ3) is 1.22. The lowest BCUT2D eigenvalue weighted by molar-refractivity contribution is -0.572.